The fourth-order valence-corrected chi connectivity index (χ4v) is 2.35. The summed E-state index contributed by atoms with van der Waals surface area (Å²) in [4.78, 5) is 20.7. The van der Waals surface area contributed by atoms with E-state index in [2.05, 4.69) is 9.97 Å². The van der Waals surface area contributed by atoms with E-state index in [1.54, 1.807) is 38.4 Å². The molecule has 0 fully saturated rings. The molecule has 0 aliphatic rings. The van der Waals surface area contributed by atoms with Gasteiger partial charge in [0, 0.05) is 4.90 Å². The van der Waals surface area contributed by atoms with E-state index < -0.39 is 6.10 Å². The first kappa shape index (κ1) is 16.6. The van der Waals surface area contributed by atoms with Gasteiger partial charge in [0.25, 0.3) is 0 Å². The van der Waals surface area contributed by atoms with Crippen LogP contribution >= 0.6 is 23.4 Å². The van der Waals surface area contributed by atoms with Gasteiger partial charge >= 0.3 is 5.97 Å². The zero-order valence-corrected chi connectivity index (χ0v) is 13.7. The molecule has 0 radical (unpaired) electrons. The van der Waals surface area contributed by atoms with Crippen molar-refractivity contribution >= 4 is 29.3 Å². The van der Waals surface area contributed by atoms with Crippen molar-refractivity contribution in [1.82, 2.24) is 9.97 Å². The van der Waals surface area contributed by atoms with Gasteiger partial charge in [0.15, 0.2) is 11.3 Å². The first-order chi connectivity index (χ1) is 10.6. The molecule has 0 aliphatic carbocycles. The Morgan fingerprint density at radius 3 is 2.50 bits per heavy atom. The fraction of sp³-hybridized carbons (Fsp3) is 0.267. The number of nitrogens with zero attached hydrogens (tertiary/aromatic N) is 2. The monoisotopic (exact) mass is 338 g/mol. The Hall–Kier alpha value is -1.79. The number of aromatic nitrogens is 2. The van der Waals surface area contributed by atoms with Crippen molar-refractivity contribution in [2.75, 3.05) is 6.61 Å². The third-order valence-electron chi connectivity index (χ3n) is 2.56. The van der Waals surface area contributed by atoms with Crippen molar-refractivity contribution in [2.45, 2.75) is 30.0 Å². The predicted molar refractivity (Wildman–Crippen MR) is 84.3 cm³/mol. The molecular weight excluding hydrogens is 324 g/mol. The summed E-state index contributed by atoms with van der Waals surface area (Å²) in [6.07, 6.45) is 2.46. The predicted octanol–water partition coefficient (Wildman–Crippen LogP) is 3.61. The Morgan fingerprint density at radius 1 is 1.27 bits per heavy atom. The molecule has 1 atom stereocenters. The van der Waals surface area contributed by atoms with Crippen LogP contribution in [0, 0.1) is 0 Å². The van der Waals surface area contributed by atoms with Gasteiger partial charge in [-0.25, -0.2) is 14.8 Å². The zero-order chi connectivity index (χ0) is 15.9. The number of hydrogen-bond acceptors (Lipinski definition) is 6. The molecule has 0 aliphatic heterocycles. The second-order valence-electron chi connectivity index (χ2n) is 4.27. The molecule has 2 aromatic rings. The molecule has 2 rings (SSSR count). The molecule has 0 unspecified atom stereocenters. The maximum Gasteiger partial charge on any atom is 0.347 e. The van der Waals surface area contributed by atoms with Gasteiger partial charge in [-0.15, -0.1) is 0 Å². The number of esters is 1. The lowest BCUT2D eigenvalue weighted by molar-refractivity contribution is -0.150. The normalized spacial score (nSPS) is 11.8. The molecule has 0 saturated heterocycles. The maximum atomic E-state index is 11.5. The molecule has 7 heteroatoms. The highest BCUT2D eigenvalue weighted by molar-refractivity contribution is 7.99. The van der Waals surface area contributed by atoms with E-state index in [1.165, 1.54) is 11.8 Å². The lowest BCUT2D eigenvalue weighted by Gasteiger charge is -2.13. The molecule has 1 aromatic heterocycles. The van der Waals surface area contributed by atoms with Crippen LogP contribution in [0.5, 0.6) is 5.75 Å². The van der Waals surface area contributed by atoms with Crippen molar-refractivity contribution in [3.05, 3.63) is 41.7 Å². The standard InChI is InChI=1S/C15H15ClN2O3S/c1-3-20-14(19)10(2)21-12-4-6-13(7-5-12)22-15-17-8-11(16)9-18-15/h4-10H,3H2,1-2H3/t10-/m1/s1. The molecule has 0 N–H and O–H groups in total. The van der Waals surface area contributed by atoms with Gasteiger partial charge in [-0.05, 0) is 49.9 Å². The first-order valence-corrected chi connectivity index (χ1v) is 7.86. The molecule has 0 saturated carbocycles. The number of rotatable bonds is 6. The van der Waals surface area contributed by atoms with Crippen molar-refractivity contribution in [3.63, 3.8) is 0 Å². The number of halogens is 1. The van der Waals surface area contributed by atoms with Gasteiger partial charge < -0.3 is 9.47 Å². The number of hydrogen-bond donors (Lipinski definition) is 0. The topological polar surface area (TPSA) is 61.3 Å². The summed E-state index contributed by atoms with van der Waals surface area (Å²) in [5.41, 5.74) is 0. The molecule has 1 heterocycles. The summed E-state index contributed by atoms with van der Waals surface area (Å²) in [6.45, 7) is 3.75. The average molecular weight is 339 g/mol. The number of carbonyl (C=O) groups excluding carboxylic acids is 1. The maximum absolute atomic E-state index is 11.5. The SMILES string of the molecule is CCOC(=O)[C@@H](C)Oc1ccc(Sc2ncc(Cl)cn2)cc1. The van der Waals surface area contributed by atoms with Gasteiger partial charge in [0.2, 0.25) is 0 Å². The van der Waals surface area contributed by atoms with E-state index >= 15 is 0 Å². The van der Waals surface area contributed by atoms with Gasteiger partial charge in [-0.1, -0.05) is 11.6 Å². The Labute approximate surface area is 138 Å². The number of benzene rings is 1. The molecule has 116 valence electrons. The molecule has 0 spiro atoms. The minimum Gasteiger partial charge on any atom is -0.479 e. The zero-order valence-electron chi connectivity index (χ0n) is 12.2. The lowest BCUT2D eigenvalue weighted by atomic mass is 10.3. The van der Waals surface area contributed by atoms with E-state index in [1.807, 2.05) is 12.1 Å². The van der Waals surface area contributed by atoms with E-state index in [0.717, 1.165) is 4.90 Å². The average Bonchev–Trinajstić information content (AvgIpc) is 2.51. The molecule has 5 nitrogen and oxygen atoms in total. The van der Waals surface area contributed by atoms with Crippen LogP contribution in [0.3, 0.4) is 0 Å². The smallest absolute Gasteiger partial charge is 0.347 e. The Morgan fingerprint density at radius 2 is 1.91 bits per heavy atom. The minimum atomic E-state index is -0.641. The third kappa shape index (κ3) is 4.89. The Balaban J connectivity index is 1.95. The van der Waals surface area contributed by atoms with Gasteiger partial charge in [-0.3, -0.25) is 0 Å². The summed E-state index contributed by atoms with van der Waals surface area (Å²) in [6, 6.07) is 7.31. The molecule has 22 heavy (non-hydrogen) atoms. The van der Waals surface area contributed by atoms with Crippen LogP contribution in [0.2, 0.25) is 5.02 Å². The van der Waals surface area contributed by atoms with Crippen molar-refractivity contribution in [2.24, 2.45) is 0 Å². The van der Waals surface area contributed by atoms with E-state index in [0.29, 0.717) is 22.5 Å². The van der Waals surface area contributed by atoms with Gasteiger partial charge in [-0.2, -0.15) is 0 Å². The second kappa shape index (κ2) is 8.00. The minimum absolute atomic E-state index is 0.337. The highest BCUT2D eigenvalue weighted by atomic mass is 35.5. The summed E-state index contributed by atoms with van der Waals surface area (Å²) in [5, 5.41) is 1.11. The van der Waals surface area contributed by atoms with Gasteiger partial charge in [0.05, 0.1) is 24.0 Å². The summed E-state index contributed by atoms with van der Waals surface area (Å²) in [7, 11) is 0. The summed E-state index contributed by atoms with van der Waals surface area (Å²) < 4.78 is 10.4. The molecular formula is C15H15ClN2O3S. The van der Waals surface area contributed by atoms with E-state index in [-0.39, 0.29) is 5.97 Å². The van der Waals surface area contributed by atoms with E-state index in [9.17, 15) is 4.79 Å². The van der Waals surface area contributed by atoms with Crippen molar-refractivity contribution in [3.8, 4) is 5.75 Å². The highest BCUT2D eigenvalue weighted by Crippen LogP contribution is 2.26. The molecule has 0 bridgehead atoms. The van der Waals surface area contributed by atoms with Crippen LogP contribution < -0.4 is 4.74 Å². The van der Waals surface area contributed by atoms with Crippen LogP contribution in [0.4, 0.5) is 0 Å². The Bertz CT molecular complexity index is 620. The van der Waals surface area contributed by atoms with Gasteiger partial charge in [0.1, 0.15) is 5.75 Å². The second-order valence-corrected chi connectivity index (χ2v) is 5.75. The fourth-order valence-electron chi connectivity index (χ4n) is 1.56. The third-order valence-corrected chi connectivity index (χ3v) is 3.66. The number of carbonyl (C=O) groups is 1. The van der Waals surface area contributed by atoms with Crippen molar-refractivity contribution in [1.29, 1.82) is 0 Å². The van der Waals surface area contributed by atoms with Crippen LogP contribution in [0.15, 0.2) is 46.7 Å². The summed E-state index contributed by atoms with van der Waals surface area (Å²) in [5.74, 6) is 0.220. The number of ether oxygens (including phenoxy) is 2. The quantitative estimate of drug-likeness (QED) is 0.592. The van der Waals surface area contributed by atoms with E-state index in [4.69, 9.17) is 21.1 Å². The highest BCUT2D eigenvalue weighted by Gasteiger charge is 2.15. The van der Waals surface area contributed by atoms with Crippen LogP contribution in [0.25, 0.3) is 0 Å². The first-order valence-electron chi connectivity index (χ1n) is 6.67. The summed E-state index contributed by atoms with van der Waals surface area (Å²) >= 11 is 7.15. The lowest BCUT2D eigenvalue weighted by Crippen LogP contribution is -2.25. The molecule has 1 aromatic carbocycles. The van der Waals surface area contributed by atoms with Crippen LogP contribution in [0.1, 0.15) is 13.8 Å². The largest absolute Gasteiger partial charge is 0.479 e. The van der Waals surface area contributed by atoms with Crippen molar-refractivity contribution < 1.29 is 14.3 Å². The Kier molecular flexibility index (Phi) is 6.03. The van der Waals surface area contributed by atoms with Crippen LogP contribution in [-0.4, -0.2) is 28.6 Å². The molecule has 0 amide bonds. The van der Waals surface area contributed by atoms with Crippen LogP contribution in [-0.2, 0) is 9.53 Å².